The molecule has 1 N–H and O–H groups in total. The number of rotatable bonds is 12. The van der Waals surface area contributed by atoms with Crippen LogP contribution in [0.1, 0.15) is 66.7 Å². The quantitative estimate of drug-likeness (QED) is 0.296. The van der Waals surface area contributed by atoms with Gasteiger partial charge in [-0.1, -0.05) is 97.1 Å². The van der Waals surface area contributed by atoms with Gasteiger partial charge in [0, 0.05) is 38.7 Å². The highest BCUT2D eigenvalue weighted by molar-refractivity contribution is 5.79. The number of carbonyl (C=O) groups is 1. The highest BCUT2D eigenvalue weighted by Crippen LogP contribution is 2.35. The molecule has 1 aliphatic rings. The molecule has 4 rings (SSSR count). The first kappa shape index (κ1) is 27.8. The highest BCUT2D eigenvalue weighted by atomic mass is 16.3. The number of benzene rings is 3. The lowest BCUT2D eigenvalue weighted by Gasteiger charge is -2.37. The van der Waals surface area contributed by atoms with Crippen molar-refractivity contribution in [3.05, 3.63) is 113 Å². The van der Waals surface area contributed by atoms with Crippen molar-refractivity contribution in [1.29, 1.82) is 0 Å². The number of amides is 1. The molecule has 0 spiro atoms. The van der Waals surface area contributed by atoms with Crippen LogP contribution in [0.25, 0.3) is 6.08 Å². The number of hydrogen-bond acceptors (Lipinski definition) is 3. The average molecular weight is 511 g/mol. The molecule has 4 nitrogen and oxygen atoms in total. The van der Waals surface area contributed by atoms with Crippen molar-refractivity contribution < 1.29 is 9.90 Å². The summed E-state index contributed by atoms with van der Waals surface area (Å²) in [4.78, 5) is 17.8. The Labute approximate surface area is 228 Å². The first-order valence-electron chi connectivity index (χ1n) is 14.1. The van der Waals surface area contributed by atoms with Gasteiger partial charge in [0.25, 0.3) is 0 Å². The number of aliphatic hydroxyl groups is 1. The predicted octanol–water partition coefficient (Wildman–Crippen LogP) is 6.66. The largest absolute Gasteiger partial charge is 0.396 e. The molecule has 3 aromatic carbocycles. The molecule has 1 fully saturated rings. The molecule has 1 aliphatic carbocycles. The summed E-state index contributed by atoms with van der Waals surface area (Å²) >= 11 is 0. The fourth-order valence-corrected chi connectivity index (χ4v) is 5.53. The van der Waals surface area contributed by atoms with Crippen LogP contribution in [0.4, 0.5) is 0 Å². The second-order valence-electron chi connectivity index (χ2n) is 10.6. The van der Waals surface area contributed by atoms with Crippen LogP contribution in [0.5, 0.6) is 0 Å². The lowest BCUT2D eigenvalue weighted by atomic mass is 9.81. The molecule has 1 amide bonds. The summed E-state index contributed by atoms with van der Waals surface area (Å²) in [6, 6.07) is 29.9. The van der Waals surface area contributed by atoms with E-state index in [1.807, 2.05) is 36.4 Å². The summed E-state index contributed by atoms with van der Waals surface area (Å²) in [5.74, 6) is 0.762. The maximum Gasteiger partial charge on any atom is 0.226 e. The number of nitrogens with zero attached hydrogens (tertiary/aromatic N) is 2. The molecule has 0 aliphatic heterocycles. The molecule has 0 radical (unpaired) electrons. The summed E-state index contributed by atoms with van der Waals surface area (Å²) in [6.45, 7) is 2.72. The minimum Gasteiger partial charge on any atom is -0.396 e. The standard InChI is InChI=1S/C34H42N2O2/c1-35(24-9-25-37)26-30-16-18-31(19-17-30)32-20-22-33(23-21-32)36(27-29-12-6-3-7-13-29)34(38)15-8-14-28-10-4-2-5-11-28/h2-8,10-14,16-19,32-33,37H,9,15,20-27H2,1H3/t32-,33-. The third kappa shape index (κ3) is 8.41. The zero-order valence-corrected chi connectivity index (χ0v) is 22.7. The van der Waals surface area contributed by atoms with E-state index < -0.39 is 0 Å². The Bertz CT molecular complexity index is 1120. The summed E-state index contributed by atoms with van der Waals surface area (Å²) < 4.78 is 0. The molecular weight excluding hydrogens is 468 g/mol. The molecule has 0 unspecified atom stereocenters. The molecule has 200 valence electrons. The Kier molecular flexibility index (Phi) is 10.7. The first-order chi connectivity index (χ1) is 18.6. The highest BCUT2D eigenvalue weighted by Gasteiger charge is 2.29. The molecule has 0 bridgehead atoms. The summed E-state index contributed by atoms with van der Waals surface area (Å²) in [7, 11) is 2.10. The fraction of sp³-hybridized carbons (Fsp3) is 0.382. The third-order valence-corrected chi connectivity index (χ3v) is 7.66. The van der Waals surface area contributed by atoms with Gasteiger partial charge in [0.2, 0.25) is 5.91 Å². The van der Waals surface area contributed by atoms with Gasteiger partial charge >= 0.3 is 0 Å². The van der Waals surface area contributed by atoms with Crippen molar-refractivity contribution in [2.24, 2.45) is 0 Å². The van der Waals surface area contributed by atoms with Gasteiger partial charge in [0.05, 0.1) is 0 Å². The second-order valence-corrected chi connectivity index (χ2v) is 10.6. The molecule has 4 heteroatoms. The molecule has 38 heavy (non-hydrogen) atoms. The zero-order valence-electron chi connectivity index (χ0n) is 22.7. The SMILES string of the molecule is CN(CCCO)Cc1ccc([C@H]2CC[C@H](N(Cc3ccccc3)C(=O)CC=Cc3ccccc3)CC2)cc1. The van der Waals surface area contributed by atoms with Crippen molar-refractivity contribution in [2.75, 3.05) is 20.2 Å². The minimum atomic E-state index is 0.208. The van der Waals surface area contributed by atoms with E-state index in [0.717, 1.165) is 50.8 Å². The Hall–Kier alpha value is -3.21. The molecule has 0 aromatic heterocycles. The zero-order chi connectivity index (χ0) is 26.6. The molecular formula is C34H42N2O2. The van der Waals surface area contributed by atoms with Crippen molar-refractivity contribution in [3.63, 3.8) is 0 Å². The average Bonchev–Trinajstić information content (AvgIpc) is 2.96. The Morgan fingerprint density at radius 3 is 2.13 bits per heavy atom. The van der Waals surface area contributed by atoms with E-state index in [-0.39, 0.29) is 18.6 Å². The van der Waals surface area contributed by atoms with Crippen molar-refractivity contribution in [3.8, 4) is 0 Å². The van der Waals surface area contributed by atoms with Crippen molar-refractivity contribution >= 4 is 12.0 Å². The summed E-state index contributed by atoms with van der Waals surface area (Å²) in [5, 5.41) is 9.05. The van der Waals surface area contributed by atoms with Crippen LogP contribution in [-0.4, -0.2) is 47.1 Å². The maximum absolute atomic E-state index is 13.4. The molecule has 3 aromatic rings. The van der Waals surface area contributed by atoms with Crippen LogP contribution >= 0.6 is 0 Å². The van der Waals surface area contributed by atoms with E-state index in [4.69, 9.17) is 5.11 Å². The molecule has 1 saturated carbocycles. The van der Waals surface area contributed by atoms with E-state index in [1.165, 1.54) is 16.7 Å². The van der Waals surface area contributed by atoms with Gasteiger partial charge in [0.15, 0.2) is 0 Å². The lowest BCUT2D eigenvalue weighted by Crippen LogP contribution is -2.41. The molecule has 0 saturated heterocycles. The Morgan fingerprint density at radius 1 is 0.842 bits per heavy atom. The number of aliphatic hydroxyl groups excluding tert-OH is 1. The van der Waals surface area contributed by atoms with Crippen LogP contribution in [-0.2, 0) is 17.9 Å². The number of hydrogen-bond donors (Lipinski definition) is 1. The van der Waals surface area contributed by atoms with Gasteiger partial charge in [0.1, 0.15) is 0 Å². The van der Waals surface area contributed by atoms with Gasteiger partial charge in [-0.15, -0.1) is 0 Å². The van der Waals surface area contributed by atoms with Crippen molar-refractivity contribution in [2.45, 2.75) is 63.6 Å². The van der Waals surface area contributed by atoms with Gasteiger partial charge in [-0.2, -0.15) is 0 Å². The van der Waals surface area contributed by atoms with Crippen LogP contribution in [0.2, 0.25) is 0 Å². The van der Waals surface area contributed by atoms with Gasteiger partial charge < -0.3 is 14.9 Å². The van der Waals surface area contributed by atoms with E-state index in [0.29, 0.717) is 18.9 Å². The topological polar surface area (TPSA) is 43.8 Å². The summed E-state index contributed by atoms with van der Waals surface area (Å²) in [6.07, 6.45) is 9.58. The lowest BCUT2D eigenvalue weighted by molar-refractivity contribution is -0.134. The molecule has 0 atom stereocenters. The van der Waals surface area contributed by atoms with Crippen LogP contribution in [0.15, 0.2) is 91.0 Å². The van der Waals surface area contributed by atoms with E-state index >= 15 is 0 Å². The third-order valence-electron chi connectivity index (χ3n) is 7.66. The second kappa shape index (κ2) is 14.7. The molecule has 0 heterocycles. The van der Waals surface area contributed by atoms with Gasteiger partial charge in [-0.3, -0.25) is 4.79 Å². The van der Waals surface area contributed by atoms with Gasteiger partial charge in [-0.25, -0.2) is 0 Å². The predicted molar refractivity (Wildman–Crippen MR) is 157 cm³/mol. The smallest absolute Gasteiger partial charge is 0.226 e. The van der Waals surface area contributed by atoms with E-state index in [1.54, 1.807) is 0 Å². The maximum atomic E-state index is 13.4. The normalized spacial score (nSPS) is 17.7. The first-order valence-corrected chi connectivity index (χ1v) is 14.1. The van der Waals surface area contributed by atoms with Crippen LogP contribution in [0.3, 0.4) is 0 Å². The van der Waals surface area contributed by atoms with E-state index in [9.17, 15) is 4.79 Å². The Morgan fingerprint density at radius 2 is 1.47 bits per heavy atom. The van der Waals surface area contributed by atoms with Crippen LogP contribution < -0.4 is 0 Å². The van der Waals surface area contributed by atoms with Crippen LogP contribution in [0, 0.1) is 0 Å². The monoisotopic (exact) mass is 510 g/mol. The minimum absolute atomic E-state index is 0.208. The fourth-order valence-electron chi connectivity index (χ4n) is 5.53. The van der Waals surface area contributed by atoms with E-state index in [2.05, 4.69) is 77.5 Å². The Balaban J connectivity index is 1.36. The number of carbonyl (C=O) groups excluding carboxylic acids is 1. The van der Waals surface area contributed by atoms with Crippen molar-refractivity contribution in [1.82, 2.24) is 9.80 Å². The summed E-state index contributed by atoms with van der Waals surface area (Å²) in [5.41, 5.74) is 5.04. The van der Waals surface area contributed by atoms with Gasteiger partial charge in [-0.05, 0) is 67.3 Å².